The van der Waals surface area contributed by atoms with Gasteiger partial charge < -0.3 is 11.1 Å². The quantitative estimate of drug-likeness (QED) is 0.806. The van der Waals surface area contributed by atoms with E-state index in [0.29, 0.717) is 5.69 Å². The second-order valence-electron chi connectivity index (χ2n) is 5.25. The number of nitrogens with two attached hydrogens (primary N) is 1. The Morgan fingerprint density at radius 1 is 1.16 bits per heavy atom. The van der Waals surface area contributed by atoms with Crippen molar-refractivity contribution < 1.29 is 9.18 Å². The lowest BCUT2D eigenvalue weighted by Crippen LogP contribution is -2.35. The number of hydrogen-bond donors (Lipinski definition) is 2. The molecule has 0 saturated heterocycles. The highest BCUT2D eigenvalue weighted by Crippen LogP contribution is 2.18. The molecule has 19 heavy (non-hydrogen) atoms. The topological polar surface area (TPSA) is 55.1 Å². The van der Waals surface area contributed by atoms with Gasteiger partial charge in [0.05, 0.1) is 5.56 Å². The van der Waals surface area contributed by atoms with Crippen molar-refractivity contribution in [1.29, 1.82) is 0 Å². The number of nitrogens with one attached hydrogen (secondary N) is 1. The van der Waals surface area contributed by atoms with Gasteiger partial charge in [-0.25, -0.2) is 4.39 Å². The Bertz CT molecular complexity index is 440. The molecule has 0 aromatic heterocycles. The summed E-state index contributed by atoms with van der Waals surface area (Å²) in [7, 11) is 0. The molecule has 1 saturated carbocycles. The Labute approximate surface area is 113 Å². The summed E-state index contributed by atoms with van der Waals surface area (Å²) < 4.78 is 13.7. The van der Waals surface area contributed by atoms with Crippen molar-refractivity contribution in [3.05, 3.63) is 29.6 Å². The Morgan fingerprint density at radius 3 is 2.42 bits per heavy atom. The van der Waals surface area contributed by atoms with Crippen molar-refractivity contribution in [1.82, 2.24) is 5.32 Å². The van der Waals surface area contributed by atoms with Gasteiger partial charge in [0, 0.05) is 11.7 Å². The number of amides is 1. The summed E-state index contributed by atoms with van der Waals surface area (Å²) >= 11 is 0. The first-order valence-electron chi connectivity index (χ1n) is 7.02. The second kappa shape index (κ2) is 6.55. The van der Waals surface area contributed by atoms with Crippen LogP contribution in [0.4, 0.5) is 10.1 Å². The molecule has 0 unspecified atom stereocenters. The summed E-state index contributed by atoms with van der Waals surface area (Å²) in [6.07, 6.45) is 7.98. The van der Waals surface area contributed by atoms with Crippen molar-refractivity contribution in [2.45, 2.75) is 51.0 Å². The fourth-order valence-electron chi connectivity index (χ4n) is 2.58. The van der Waals surface area contributed by atoms with Gasteiger partial charge in [-0.05, 0) is 31.0 Å². The molecule has 0 bridgehead atoms. The number of halogens is 1. The molecule has 0 atom stereocenters. The van der Waals surface area contributed by atoms with Gasteiger partial charge >= 0.3 is 0 Å². The van der Waals surface area contributed by atoms with E-state index in [1.807, 2.05) is 0 Å². The molecule has 3 nitrogen and oxygen atoms in total. The largest absolute Gasteiger partial charge is 0.399 e. The first-order chi connectivity index (χ1) is 9.16. The molecule has 104 valence electrons. The molecule has 1 aliphatic rings. The van der Waals surface area contributed by atoms with Gasteiger partial charge in [-0.2, -0.15) is 0 Å². The lowest BCUT2D eigenvalue weighted by molar-refractivity contribution is 0.0926. The van der Waals surface area contributed by atoms with Crippen LogP contribution < -0.4 is 11.1 Å². The number of carbonyl (C=O) groups is 1. The average molecular weight is 264 g/mol. The molecule has 1 aromatic rings. The highest BCUT2D eigenvalue weighted by atomic mass is 19.1. The van der Waals surface area contributed by atoms with Gasteiger partial charge in [-0.1, -0.05) is 32.1 Å². The summed E-state index contributed by atoms with van der Waals surface area (Å²) in [5.74, 6) is -0.883. The minimum atomic E-state index is -0.552. The van der Waals surface area contributed by atoms with Gasteiger partial charge in [-0.3, -0.25) is 4.79 Å². The highest BCUT2D eigenvalue weighted by molar-refractivity contribution is 5.95. The van der Waals surface area contributed by atoms with Gasteiger partial charge in [-0.15, -0.1) is 0 Å². The van der Waals surface area contributed by atoms with Gasteiger partial charge in [0.1, 0.15) is 5.82 Å². The van der Waals surface area contributed by atoms with Crippen molar-refractivity contribution in [2.75, 3.05) is 5.73 Å². The first-order valence-corrected chi connectivity index (χ1v) is 7.02. The van der Waals surface area contributed by atoms with E-state index < -0.39 is 5.82 Å². The zero-order valence-corrected chi connectivity index (χ0v) is 11.1. The van der Waals surface area contributed by atoms with Crippen molar-refractivity contribution in [2.24, 2.45) is 0 Å². The van der Waals surface area contributed by atoms with Crippen molar-refractivity contribution in [3.63, 3.8) is 0 Å². The van der Waals surface area contributed by atoms with Crippen LogP contribution in [0.5, 0.6) is 0 Å². The number of carbonyl (C=O) groups excluding carboxylic acids is 1. The van der Waals surface area contributed by atoms with Crippen LogP contribution in [-0.4, -0.2) is 11.9 Å². The molecular weight excluding hydrogens is 243 g/mol. The summed E-state index contributed by atoms with van der Waals surface area (Å²) in [5, 5.41) is 2.94. The summed E-state index contributed by atoms with van der Waals surface area (Å²) in [5.41, 5.74) is 5.89. The molecule has 0 heterocycles. The minimum Gasteiger partial charge on any atom is -0.399 e. The maximum absolute atomic E-state index is 13.7. The SMILES string of the molecule is Nc1ccc(C(=O)NC2CCCCCCC2)c(F)c1. The van der Waals surface area contributed by atoms with Crippen LogP contribution in [0, 0.1) is 5.82 Å². The van der Waals surface area contributed by atoms with Gasteiger partial charge in [0.25, 0.3) is 5.91 Å². The molecule has 1 aromatic carbocycles. The number of rotatable bonds is 2. The third-order valence-corrected chi connectivity index (χ3v) is 3.68. The van der Waals surface area contributed by atoms with Crippen molar-refractivity contribution >= 4 is 11.6 Å². The summed E-state index contributed by atoms with van der Waals surface area (Å²) in [4.78, 5) is 12.1. The zero-order chi connectivity index (χ0) is 13.7. The summed E-state index contributed by atoms with van der Waals surface area (Å²) in [6, 6.07) is 4.36. The van der Waals surface area contributed by atoms with Crippen LogP contribution in [0.3, 0.4) is 0 Å². The van der Waals surface area contributed by atoms with E-state index in [1.165, 1.54) is 31.4 Å². The number of anilines is 1. The molecule has 0 aliphatic heterocycles. The Morgan fingerprint density at radius 2 is 1.79 bits per heavy atom. The Kier molecular flexibility index (Phi) is 4.77. The fourth-order valence-corrected chi connectivity index (χ4v) is 2.58. The lowest BCUT2D eigenvalue weighted by Gasteiger charge is -2.21. The van der Waals surface area contributed by atoms with Crippen LogP contribution in [0.1, 0.15) is 55.3 Å². The lowest BCUT2D eigenvalue weighted by atomic mass is 9.96. The van der Waals surface area contributed by atoms with Crippen LogP contribution >= 0.6 is 0 Å². The van der Waals surface area contributed by atoms with E-state index >= 15 is 0 Å². The zero-order valence-electron chi connectivity index (χ0n) is 11.1. The molecule has 1 aliphatic carbocycles. The number of nitrogen functional groups attached to an aromatic ring is 1. The molecule has 3 N–H and O–H groups in total. The highest BCUT2D eigenvalue weighted by Gasteiger charge is 2.17. The van der Waals surface area contributed by atoms with Crippen molar-refractivity contribution in [3.8, 4) is 0 Å². The molecular formula is C15H21FN2O. The van der Waals surface area contributed by atoms with E-state index in [1.54, 1.807) is 6.07 Å². The van der Waals surface area contributed by atoms with Gasteiger partial charge in [0.15, 0.2) is 0 Å². The van der Waals surface area contributed by atoms with Crippen LogP contribution in [-0.2, 0) is 0 Å². The monoisotopic (exact) mass is 264 g/mol. The molecule has 2 rings (SSSR count). The van der Waals surface area contributed by atoms with E-state index in [4.69, 9.17) is 5.73 Å². The molecule has 0 spiro atoms. The third kappa shape index (κ3) is 3.94. The maximum Gasteiger partial charge on any atom is 0.254 e. The third-order valence-electron chi connectivity index (χ3n) is 3.68. The summed E-state index contributed by atoms with van der Waals surface area (Å²) in [6.45, 7) is 0. The van der Waals surface area contributed by atoms with E-state index in [0.717, 1.165) is 25.7 Å². The minimum absolute atomic E-state index is 0.0799. The van der Waals surface area contributed by atoms with E-state index in [-0.39, 0.29) is 17.5 Å². The normalized spacial score (nSPS) is 17.5. The Balaban J connectivity index is 1.99. The molecule has 1 fully saturated rings. The fraction of sp³-hybridized carbons (Fsp3) is 0.533. The second-order valence-corrected chi connectivity index (χ2v) is 5.25. The smallest absolute Gasteiger partial charge is 0.254 e. The predicted octanol–water partition coefficient (Wildman–Crippen LogP) is 3.25. The molecule has 4 heteroatoms. The average Bonchev–Trinajstić information content (AvgIpc) is 2.32. The maximum atomic E-state index is 13.7. The van der Waals surface area contributed by atoms with Crippen LogP contribution in [0.2, 0.25) is 0 Å². The first kappa shape index (κ1) is 13.8. The Hall–Kier alpha value is -1.58. The molecule has 1 amide bonds. The molecule has 0 radical (unpaired) electrons. The van der Waals surface area contributed by atoms with Crippen LogP contribution in [0.15, 0.2) is 18.2 Å². The number of hydrogen-bond acceptors (Lipinski definition) is 2. The van der Waals surface area contributed by atoms with E-state index in [9.17, 15) is 9.18 Å². The van der Waals surface area contributed by atoms with Crippen LogP contribution in [0.25, 0.3) is 0 Å². The predicted molar refractivity (Wildman–Crippen MR) is 74.4 cm³/mol. The van der Waals surface area contributed by atoms with Gasteiger partial charge in [0.2, 0.25) is 0 Å². The number of benzene rings is 1. The standard InChI is InChI=1S/C15H21FN2O/c16-14-10-11(17)8-9-13(14)15(19)18-12-6-4-2-1-3-5-7-12/h8-10,12H,1-7,17H2,(H,18,19). The van der Waals surface area contributed by atoms with E-state index in [2.05, 4.69) is 5.32 Å².